The molecule has 1 rings (SSSR count). The molecule has 0 radical (unpaired) electrons. The summed E-state index contributed by atoms with van der Waals surface area (Å²) >= 11 is 0. The van der Waals surface area contributed by atoms with E-state index in [4.69, 9.17) is 5.73 Å². The van der Waals surface area contributed by atoms with Crippen molar-refractivity contribution in [1.29, 1.82) is 0 Å². The van der Waals surface area contributed by atoms with Gasteiger partial charge in [0.1, 0.15) is 17.7 Å². The third-order valence-corrected chi connectivity index (χ3v) is 3.57. The molecule has 0 saturated heterocycles. The van der Waals surface area contributed by atoms with Gasteiger partial charge < -0.3 is 20.5 Å². The zero-order valence-electron chi connectivity index (χ0n) is 19.8. The summed E-state index contributed by atoms with van der Waals surface area (Å²) in [5.41, 5.74) is 6.55. The van der Waals surface area contributed by atoms with Crippen molar-refractivity contribution >= 4 is 18.6 Å². The molecule has 3 N–H and O–H groups in total. The molecule has 0 bridgehead atoms. The van der Waals surface area contributed by atoms with Crippen molar-refractivity contribution in [1.82, 2.24) is 5.32 Å². The van der Waals surface area contributed by atoms with Gasteiger partial charge in [0, 0.05) is 14.2 Å². The topological polar surface area (TPSA) is 103 Å². The number of aliphatic imine (C=N–C) groups is 1. The van der Waals surface area contributed by atoms with Crippen molar-refractivity contribution in [2.75, 3.05) is 21.3 Å². The van der Waals surface area contributed by atoms with Crippen LogP contribution in [0.5, 0.6) is 0 Å². The van der Waals surface area contributed by atoms with E-state index in [1.165, 1.54) is 0 Å². The lowest BCUT2D eigenvalue weighted by molar-refractivity contribution is -0.138. The number of carbonyl (C=O) groups excluding carboxylic acids is 2. The third-order valence-electron chi connectivity index (χ3n) is 3.57. The summed E-state index contributed by atoms with van der Waals surface area (Å²) in [5.74, 6) is 1.18. The highest BCUT2D eigenvalue weighted by atomic mass is 16.5. The summed E-state index contributed by atoms with van der Waals surface area (Å²) in [6, 6.07) is 0.0331. The number of ether oxygens (including phenoxy) is 2. The molecule has 0 aromatic carbocycles. The zero-order valence-corrected chi connectivity index (χ0v) is 19.8. The maximum absolute atomic E-state index is 10.7. The molecule has 0 fully saturated rings. The summed E-state index contributed by atoms with van der Waals surface area (Å²) in [4.78, 5) is 24.9. The largest absolute Gasteiger partial charge is 0.462 e. The van der Waals surface area contributed by atoms with E-state index < -0.39 is 0 Å². The van der Waals surface area contributed by atoms with Crippen LogP contribution in [0.4, 0.5) is 0 Å². The lowest BCUT2D eigenvalue weighted by Gasteiger charge is -2.19. The molecule has 2 atom stereocenters. The number of allylic oxidation sites excluding steroid dienone is 4. The molecule has 7 heteroatoms. The monoisotopic (exact) mass is 423 g/mol. The van der Waals surface area contributed by atoms with Crippen LogP contribution in [-0.4, -0.2) is 57.5 Å². The fraction of sp³-hybridized carbons (Fsp3) is 0.609. The zero-order chi connectivity index (χ0) is 23.6. The standard InChI is InChI=1S/C16H25N3O.C5H10O2.C2H6O/c1-12(2)10-15(18-3)16(17)19-14-8-4-6-13(11-20)7-5-9-14;1-5(2,3)7-4-6;1-3-2/h4-6,8-9,11-12,14-15,18H,7,10H2,1-3H3,(H2,17,19);4H,1-3H3;1-2H3/b8-4?,9-5-,13-6+;;/t14?,15-;;/m0../s1. The van der Waals surface area contributed by atoms with Gasteiger partial charge in [-0.15, -0.1) is 0 Å². The highest BCUT2D eigenvalue weighted by Gasteiger charge is 2.13. The molecule has 7 nitrogen and oxygen atoms in total. The highest BCUT2D eigenvalue weighted by molar-refractivity contribution is 5.86. The molecular weight excluding hydrogens is 382 g/mol. The molecular formula is C23H41N3O4. The Kier molecular flexibility index (Phi) is 17.6. The summed E-state index contributed by atoms with van der Waals surface area (Å²) in [6.45, 7) is 10.3. The smallest absolute Gasteiger partial charge is 0.293 e. The van der Waals surface area contributed by atoms with Crippen LogP contribution in [0.25, 0.3) is 0 Å². The van der Waals surface area contributed by atoms with Gasteiger partial charge in [0.25, 0.3) is 6.47 Å². The number of amidine groups is 1. The van der Waals surface area contributed by atoms with Gasteiger partial charge >= 0.3 is 0 Å². The summed E-state index contributed by atoms with van der Waals surface area (Å²) in [5, 5.41) is 3.20. The average molecular weight is 424 g/mol. The van der Waals surface area contributed by atoms with E-state index in [0.29, 0.717) is 24.6 Å². The van der Waals surface area contributed by atoms with Gasteiger partial charge in [0.2, 0.25) is 0 Å². The van der Waals surface area contributed by atoms with Crippen molar-refractivity contribution in [3.63, 3.8) is 0 Å². The molecule has 172 valence electrons. The first-order valence-corrected chi connectivity index (χ1v) is 10.1. The first kappa shape index (κ1) is 29.9. The van der Waals surface area contributed by atoms with Gasteiger partial charge in [-0.25, -0.2) is 0 Å². The number of nitrogens with one attached hydrogen (secondary N) is 1. The van der Waals surface area contributed by atoms with E-state index in [-0.39, 0.29) is 17.7 Å². The Morgan fingerprint density at radius 3 is 2.30 bits per heavy atom. The lowest BCUT2D eigenvalue weighted by atomic mass is 10.0. The minimum atomic E-state index is -0.318. The fourth-order valence-electron chi connectivity index (χ4n) is 2.21. The Labute approximate surface area is 182 Å². The number of hydrogen-bond donors (Lipinski definition) is 2. The van der Waals surface area contributed by atoms with Gasteiger partial charge in [-0.2, -0.15) is 0 Å². The van der Waals surface area contributed by atoms with Gasteiger partial charge in [0.05, 0.1) is 12.1 Å². The molecule has 0 aliphatic heterocycles. The second kappa shape index (κ2) is 17.6. The van der Waals surface area contributed by atoms with E-state index in [1.807, 2.05) is 58.2 Å². The van der Waals surface area contributed by atoms with Crippen LogP contribution in [0, 0.1) is 5.92 Å². The number of nitrogens with two attached hydrogens (primary N) is 1. The number of methoxy groups -OCH3 is 1. The van der Waals surface area contributed by atoms with Crippen molar-refractivity contribution in [3.8, 4) is 0 Å². The fourth-order valence-corrected chi connectivity index (χ4v) is 2.21. The Morgan fingerprint density at radius 1 is 1.30 bits per heavy atom. The molecule has 1 unspecified atom stereocenters. The van der Waals surface area contributed by atoms with Crippen LogP contribution in [0.3, 0.4) is 0 Å². The summed E-state index contributed by atoms with van der Waals surface area (Å²) in [6.07, 6.45) is 12.0. The Bertz CT molecular complexity index is 588. The van der Waals surface area contributed by atoms with Crippen LogP contribution in [-0.2, 0) is 19.1 Å². The minimum absolute atomic E-state index is 0.0672. The quantitative estimate of drug-likeness (QED) is 0.282. The van der Waals surface area contributed by atoms with Crippen LogP contribution >= 0.6 is 0 Å². The normalized spacial score (nSPS) is 20.1. The van der Waals surface area contributed by atoms with E-state index >= 15 is 0 Å². The average Bonchev–Trinajstić information content (AvgIpc) is 2.61. The summed E-state index contributed by atoms with van der Waals surface area (Å²) in [7, 11) is 5.15. The number of rotatable bonds is 7. The number of likely N-dealkylation sites (N-methyl/N-ethyl adjacent to an activating group) is 1. The molecule has 0 amide bonds. The predicted molar refractivity (Wildman–Crippen MR) is 125 cm³/mol. The Balaban J connectivity index is 0. The molecule has 0 heterocycles. The third kappa shape index (κ3) is 17.8. The molecule has 1 aliphatic rings. The minimum Gasteiger partial charge on any atom is -0.462 e. The molecule has 30 heavy (non-hydrogen) atoms. The van der Waals surface area contributed by atoms with Gasteiger partial charge in [-0.3, -0.25) is 14.6 Å². The SMILES string of the molecule is CC(C)(C)OC=O.CN[C@@H](CC(C)C)C(N)=NC1C=C/C=C(/C=O)C/C=C\1.COC. The predicted octanol–water partition coefficient (Wildman–Crippen LogP) is 3.21. The van der Waals surface area contributed by atoms with E-state index in [1.54, 1.807) is 14.2 Å². The van der Waals surface area contributed by atoms with Crippen LogP contribution in [0.2, 0.25) is 0 Å². The van der Waals surface area contributed by atoms with Crippen molar-refractivity contribution in [2.24, 2.45) is 16.6 Å². The maximum atomic E-state index is 10.7. The maximum Gasteiger partial charge on any atom is 0.293 e. The molecule has 1 aliphatic carbocycles. The van der Waals surface area contributed by atoms with E-state index in [0.717, 1.165) is 18.3 Å². The van der Waals surface area contributed by atoms with Gasteiger partial charge in [-0.05, 0) is 52.2 Å². The van der Waals surface area contributed by atoms with Gasteiger partial charge in [0.15, 0.2) is 0 Å². The number of aldehydes is 1. The number of carbonyl (C=O) groups is 2. The Hall–Kier alpha value is -2.25. The first-order valence-electron chi connectivity index (χ1n) is 10.1. The second-order valence-electron chi connectivity index (χ2n) is 8.13. The van der Waals surface area contributed by atoms with E-state index in [2.05, 4.69) is 33.6 Å². The first-order chi connectivity index (χ1) is 14.0. The van der Waals surface area contributed by atoms with Gasteiger partial charge in [-0.1, -0.05) is 44.2 Å². The number of hydrogen-bond acceptors (Lipinski definition) is 6. The van der Waals surface area contributed by atoms with Crippen molar-refractivity contribution in [3.05, 3.63) is 36.0 Å². The van der Waals surface area contributed by atoms with Crippen molar-refractivity contribution < 1.29 is 19.1 Å². The number of nitrogens with zero attached hydrogens (tertiary/aromatic N) is 1. The molecule has 0 spiro atoms. The summed E-state index contributed by atoms with van der Waals surface area (Å²) < 4.78 is 8.80. The Morgan fingerprint density at radius 2 is 1.90 bits per heavy atom. The van der Waals surface area contributed by atoms with E-state index in [9.17, 15) is 9.59 Å². The van der Waals surface area contributed by atoms with Crippen LogP contribution < -0.4 is 11.1 Å². The van der Waals surface area contributed by atoms with Crippen molar-refractivity contribution in [2.45, 2.75) is 65.1 Å². The second-order valence-corrected chi connectivity index (χ2v) is 8.13. The lowest BCUT2D eigenvalue weighted by Crippen LogP contribution is -2.41. The van der Waals surface area contributed by atoms with Crippen LogP contribution in [0.1, 0.15) is 47.5 Å². The molecule has 0 aromatic rings. The highest BCUT2D eigenvalue weighted by Crippen LogP contribution is 2.09. The molecule has 0 aromatic heterocycles. The molecule has 0 saturated carbocycles. The van der Waals surface area contributed by atoms with Crippen LogP contribution in [0.15, 0.2) is 40.9 Å².